The van der Waals surface area contributed by atoms with Crippen molar-refractivity contribution < 1.29 is 14.6 Å². The number of amides is 1. The molecule has 1 aromatic carbocycles. The predicted octanol–water partition coefficient (Wildman–Crippen LogP) is 1.87. The van der Waals surface area contributed by atoms with Crippen LogP contribution >= 0.6 is 0 Å². The summed E-state index contributed by atoms with van der Waals surface area (Å²) in [6.45, 7) is 6.00. The number of piperidine rings is 2. The van der Waals surface area contributed by atoms with Gasteiger partial charge in [-0.3, -0.25) is 9.69 Å². The molecule has 0 aromatic heterocycles. The minimum Gasteiger partial charge on any atom is -0.497 e. The monoisotopic (exact) mass is 375 g/mol. The summed E-state index contributed by atoms with van der Waals surface area (Å²) in [4.78, 5) is 16.8. The number of carbonyl (C=O) groups excluding carboxylic acids is 1. The van der Waals surface area contributed by atoms with Crippen LogP contribution in [0, 0.1) is 5.41 Å². The molecule has 1 aromatic rings. The van der Waals surface area contributed by atoms with Crippen LogP contribution in [0.4, 0.5) is 5.69 Å². The molecule has 2 aliphatic rings. The molecule has 0 aliphatic carbocycles. The molecule has 6 heteroatoms. The van der Waals surface area contributed by atoms with E-state index in [-0.39, 0.29) is 11.3 Å². The zero-order valence-electron chi connectivity index (χ0n) is 16.8. The molecule has 0 saturated carbocycles. The van der Waals surface area contributed by atoms with Gasteiger partial charge in [0.15, 0.2) is 0 Å². The smallest absolute Gasteiger partial charge is 0.226 e. The summed E-state index contributed by atoms with van der Waals surface area (Å²) in [5.41, 5.74) is 0.0996. The van der Waals surface area contributed by atoms with E-state index in [9.17, 15) is 9.90 Å². The van der Waals surface area contributed by atoms with Crippen LogP contribution in [0.15, 0.2) is 24.3 Å². The Morgan fingerprint density at radius 2 is 2.00 bits per heavy atom. The van der Waals surface area contributed by atoms with Crippen molar-refractivity contribution in [2.45, 2.75) is 38.2 Å². The summed E-state index contributed by atoms with van der Waals surface area (Å²) in [6, 6.07) is 8.09. The Bertz CT molecular complexity index is 658. The fourth-order valence-corrected chi connectivity index (χ4v) is 4.53. The van der Waals surface area contributed by atoms with Crippen molar-refractivity contribution in [2.75, 3.05) is 51.8 Å². The number of benzene rings is 1. The molecule has 2 heterocycles. The third-order valence-electron chi connectivity index (χ3n) is 6.18. The average Bonchev–Trinajstić information content (AvgIpc) is 2.67. The van der Waals surface area contributed by atoms with Gasteiger partial charge in [-0.15, -0.1) is 0 Å². The Morgan fingerprint density at radius 3 is 2.67 bits per heavy atom. The van der Waals surface area contributed by atoms with E-state index in [1.54, 1.807) is 14.2 Å². The van der Waals surface area contributed by atoms with Crippen molar-refractivity contribution in [2.24, 2.45) is 5.41 Å². The highest BCUT2D eigenvalue weighted by Gasteiger charge is 2.41. The number of ether oxygens (including phenoxy) is 1. The third-order valence-corrected chi connectivity index (χ3v) is 6.18. The fraction of sp³-hybridized carbons (Fsp3) is 0.667. The average molecular weight is 376 g/mol. The normalized spacial score (nSPS) is 25.9. The highest BCUT2D eigenvalue weighted by molar-refractivity contribution is 5.82. The molecule has 3 rings (SSSR count). The summed E-state index contributed by atoms with van der Waals surface area (Å²) in [5, 5.41) is 14.0. The number of anilines is 1. The van der Waals surface area contributed by atoms with Gasteiger partial charge in [0.2, 0.25) is 5.91 Å². The molecular formula is C21H33N3O3. The van der Waals surface area contributed by atoms with Crippen molar-refractivity contribution in [3.05, 3.63) is 24.3 Å². The quantitative estimate of drug-likeness (QED) is 0.823. The largest absolute Gasteiger partial charge is 0.497 e. The number of hydrogen-bond acceptors (Lipinski definition) is 5. The van der Waals surface area contributed by atoms with Crippen LogP contribution in [0.2, 0.25) is 0 Å². The maximum atomic E-state index is 12.2. The van der Waals surface area contributed by atoms with Gasteiger partial charge in [-0.2, -0.15) is 0 Å². The maximum Gasteiger partial charge on any atom is 0.226 e. The van der Waals surface area contributed by atoms with Crippen LogP contribution in [0.5, 0.6) is 5.75 Å². The summed E-state index contributed by atoms with van der Waals surface area (Å²) in [6.07, 6.45) is 3.37. The van der Waals surface area contributed by atoms with Gasteiger partial charge >= 0.3 is 0 Å². The lowest BCUT2D eigenvalue weighted by molar-refractivity contribution is -0.134. The first-order valence-corrected chi connectivity index (χ1v) is 9.93. The predicted molar refractivity (Wildman–Crippen MR) is 107 cm³/mol. The lowest BCUT2D eigenvalue weighted by atomic mass is 9.80. The molecule has 150 valence electrons. The van der Waals surface area contributed by atoms with Gasteiger partial charge in [0, 0.05) is 45.0 Å². The minimum absolute atomic E-state index is 0.104. The first-order chi connectivity index (χ1) is 12.9. The number of aliphatic hydroxyl groups is 1. The number of hydrogen-bond donors (Lipinski definition) is 2. The second-order valence-electron chi connectivity index (χ2n) is 8.37. The minimum atomic E-state index is -0.684. The van der Waals surface area contributed by atoms with Gasteiger partial charge in [0.25, 0.3) is 0 Å². The van der Waals surface area contributed by atoms with Gasteiger partial charge in [-0.1, -0.05) is 6.07 Å². The molecule has 2 saturated heterocycles. The second-order valence-corrected chi connectivity index (χ2v) is 8.37. The van der Waals surface area contributed by atoms with E-state index in [1.165, 1.54) is 0 Å². The van der Waals surface area contributed by atoms with Crippen LogP contribution in [-0.2, 0) is 4.79 Å². The lowest BCUT2D eigenvalue weighted by Crippen LogP contribution is -2.56. The molecule has 27 heavy (non-hydrogen) atoms. The number of nitrogens with zero attached hydrogens (tertiary/aromatic N) is 2. The van der Waals surface area contributed by atoms with E-state index in [0.717, 1.165) is 56.8 Å². The molecule has 0 bridgehead atoms. The zero-order valence-corrected chi connectivity index (χ0v) is 16.8. The molecule has 2 aliphatic heterocycles. The fourth-order valence-electron chi connectivity index (χ4n) is 4.53. The number of methoxy groups -OCH3 is 1. The first kappa shape index (κ1) is 20.0. The third kappa shape index (κ3) is 4.55. The summed E-state index contributed by atoms with van der Waals surface area (Å²) in [7, 11) is 3.38. The van der Waals surface area contributed by atoms with E-state index in [1.807, 2.05) is 25.1 Å². The highest BCUT2D eigenvalue weighted by Crippen LogP contribution is 2.33. The van der Waals surface area contributed by atoms with E-state index in [0.29, 0.717) is 13.1 Å². The van der Waals surface area contributed by atoms with E-state index >= 15 is 0 Å². The highest BCUT2D eigenvalue weighted by atomic mass is 16.5. The Morgan fingerprint density at radius 1 is 1.26 bits per heavy atom. The van der Waals surface area contributed by atoms with Crippen molar-refractivity contribution in [1.29, 1.82) is 0 Å². The van der Waals surface area contributed by atoms with E-state index < -0.39 is 5.60 Å². The van der Waals surface area contributed by atoms with Gasteiger partial charge in [-0.25, -0.2) is 0 Å². The second kappa shape index (κ2) is 8.07. The van der Waals surface area contributed by atoms with Crippen LogP contribution in [0.1, 0.15) is 32.6 Å². The molecule has 0 radical (unpaired) electrons. The number of likely N-dealkylation sites (tertiary alicyclic amines) is 1. The number of rotatable bonds is 5. The maximum absolute atomic E-state index is 12.2. The zero-order chi connectivity index (χ0) is 19.5. The summed E-state index contributed by atoms with van der Waals surface area (Å²) in [5.74, 6) is 0.960. The van der Waals surface area contributed by atoms with Crippen LogP contribution in [0.3, 0.4) is 0 Å². The number of nitrogens with one attached hydrogen (secondary N) is 1. The van der Waals surface area contributed by atoms with Crippen LogP contribution in [-0.4, -0.2) is 68.4 Å². The Hall–Kier alpha value is -1.79. The van der Waals surface area contributed by atoms with Gasteiger partial charge in [-0.05, 0) is 51.3 Å². The van der Waals surface area contributed by atoms with Crippen LogP contribution < -0.4 is 15.0 Å². The Labute approximate surface area is 162 Å². The van der Waals surface area contributed by atoms with Gasteiger partial charge in [0.1, 0.15) is 5.75 Å². The Kier molecular flexibility index (Phi) is 5.96. The van der Waals surface area contributed by atoms with E-state index in [2.05, 4.69) is 21.2 Å². The van der Waals surface area contributed by atoms with Gasteiger partial charge < -0.3 is 20.1 Å². The van der Waals surface area contributed by atoms with Crippen molar-refractivity contribution >= 4 is 11.6 Å². The Balaban J connectivity index is 1.58. The number of β-amino-alcohol motifs (C(OH)–C–C–N with tert-alkyl or cyclic N) is 1. The van der Waals surface area contributed by atoms with Crippen LogP contribution in [0.25, 0.3) is 0 Å². The molecule has 2 fully saturated rings. The molecular weight excluding hydrogens is 342 g/mol. The molecule has 0 unspecified atom stereocenters. The van der Waals surface area contributed by atoms with E-state index in [4.69, 9.17) is 4.74 Å². The van der Waals surface area contributed by atoms with Gasteiger partial charge in [0.05, 0.1) is 18.1 Å². The standard InChI is InChI=1S/C21H33N3O3/c1-20(19(25)22-2)8-5-11-23(15-20)16-21(26)9-12-24(13-10-21)17-6-4-7-18(14-17)27-3/h4,6-7,14,26H,5,8-13,15-16H2,1-3H3,(H,22,25)/t20-/m0/s1. The SMILES string of the molecule is CNC(=O)[C@@]1(C)CCCN(CC2(O)CCN(c3cccc(OC)c3)CC2)C1. The number of carbonyl (C=O) groups is 1. The molecule has 1 amide bonds. The lowest BCUT2D eigenvalue weighted by Gasteiger charge is -2.45. The first-order valence-electron chi connectivity index (χ1n) is 9.93. The van der Waals surface area contributed by atoms with Crippen molar-refractivity contribution in [3.8, 4) is 5.75 Å². The van der Waals surface area contributed by atoms with Crippen molar-refractivity contribution in [1.82, 2.24) is 10.2 Å². The molecule has 1 atom stereocenters. The molecule has 6 nitrogen and oxygen atoms in total. The van der Waals surface area contributed by atoms with Crippen molar-refractivity contribution in [3.63, 3.8) is 0 Å². The summed E-state index contributed by atoms with van der Waals surface area (Å²) < 4.78 is 5.32. The topological polar surface area (TPSA) is 65.0 Å². The molecule has 0 spiro atoms. The summed E-state index contributed by atoms with van der Waals surface area (Å²) >= 11 is 0. The molecule has 2 N–H and O–H groups in total.